The molecule has 126 valence electrons. The highest BCUT2D eigenvalue weighted by molar-refractivity contribution is 5.83. The maximum absolute atomic E-state index is 12.0. The zero-order chi connectivity index (χ0) is 16.7. The van der Waals surface area contributed by atoms with Crippen LogP contribution in [0.15, 0.2) is 29.4 Å². The monoisotopic (exact) mass is 318 g/mol. The van der Waals surface area contributed by atoms with Crippen LogP contribution in [0.1, 0.15) is 38.7 Å². The molecular weight excluding hydrogens is 292 g/mol. The summed E-state index contributed by atoms with van der Waals surface area (Å²) in [5, 5.41) is 6.91. The standard InChI is InChI=1S/C18H26N2O3/c1-13-7-6-9-16(14(13)2)20-18(21)12-23-19-11-15-8-4-5-10-17(15)22-3/h4-5,8,10-11,13-14,16H,6-7,9,12H2,1-3H3,(H,20,21)/b19-11+. The van der Waals surface area contributed by atoms with E-state index < -0.39 is 0 Å². The van der Waals surface area contributed by atoms with Crippen LogP contribution in [0.2, 0.25) is 0 Å². The van der Waals surface area contributed by atoms with Crippen LogP contribution in [0, 0.1) is 11.8 Å². The van der Waals surface area contributed by atoms with Crippen LogP contribution in [0.4, 0.5) is 0 Å². The fourth-order valence-corrected chi connectivity index (χ4v) is 3.00. The van der Waals surface area contributed by atoms with Crippen molar-refractivity contribution in [2.24, 2.45) is 17.0 Å². The van der Waals surface area contributed by atoms with Crippen LogP contribution < -0.4 is 10.1 Å². The molecule has 1 saturated carbocycles. The minimum Gasteiger partial charge on any atom is -0.496 e. The van der Waals surface area contributed by atoms with Gasteiger partial charge in [-0.25, -0.2) is 0 Å². The third kappa shape index (κ3) is 4.98. The summed E-state index contributed by atoms with van der Waals surface area (Å²) in [6, 6.07) is 7.74. The number of methoxy groups -OCH3 is 1. The van der Waals surface area contributed by atoms with E-state index in [1.54, 1.807) is 13.3 Å². The normalized spacial score (nSPS) is 24.4. The van der Waals surface area contributed by atoms with Crippen molar-refractivity contribution in [2.45, 2.75) is 39.2 Å². The van der Waals surface area contributed by atoms with Crippen molar-refractivity contribution in [3.63, 3.8) is 0 Å². The molecule has 1 fully saturated rings. The number of oxime groups is 1. The van der Waals surface area contributed by atoms with Crippen molar-refractivity contribution in [3.8, 4) is 5.75 Å². The first kappa shape index (κ1) is 17.3. The van der Waals surface area contributed by atoms with Gasteiger partial charge in [0.15, 0.2) is 6.61 Å². The van der Waals surface area contributed by atoms with E-state index in [4.69, 9.17) is 9.57 Å². The second-order valence-corrected chi connectivity index (χ2v) is 6.19. The summed E-state index contributed by atoms with van der Waals surface area (Å²) in [5.41, 5.74) is 0.810. The van der Waals surface area contributed by atoms with E-state index in [0.717, 1.165) is 12.0 Å². The van der Waals surface area contributed by atoms with Crippen molar-refractivity contribution >= 4 is 12.1 Å². The number of benzene rings is 1. The number of para-hydroxylation sites is 1. The number of nitrogens with one attached hydrogen (secondary N) is 1. The lowest BCUT2D eigenvalue weighted by atomic mass is 9.78. The lowest BCUT2D eigenvalue weighted by Gasteiger charge is -2.34. The molecule has 0 radical (unpaired) electrons. The Morgan fingerprint density at radius 1 is 1.35 bits per heavy atom. The molecule has 3 unspecified atom stereocenters. The number of hydrogen-bond acceptors (Lipinski definition) is 4. The van der Waals surface area contributed by atoms with Crippen LogP contribution in [0.25, 0.3) is 0 Å². The molecule has 3 atom stereocenters. The minimum atomic E-state index is -0.117. The van der Waals surface area contributed by atoms with Gasteiger partial charge in [0.05, 0.1) is 13.3 Å². The fourth-order valence-electron chi connectivity index (χ4n) is 3.00. The molecular formula is C18H26N2O3. The first-order chi connectivity index (χ1) is 11.1. The number of carbonyl (C=O) groups excluding carboxylic acids is 1. The van der Waals surface area contributed by atoms with Crippen LogP contribution in [0.5, 0.6) is 5.75 Å². The largest absolute Gasteiger partial charge is 0.496 e. The molecule has 0 aliphatic heterocycles. The van der Waals surface area contributed by atoms with Crippen molar-refractivity contribution in [1.82, 2.24) is 5.32 Å². The SMILES string of the molecule is COc1ccccc1/C=N/OCC(=O)NC1CCCC(C)C1C. The first-order valence-corrected chi connectivity index (χ1v) is 8.19. The molecule has 0 bridgehead atoms. The maximum Gasteiger partial charge on any atom is 0.261 e. The molecule has 1 amide bonds. The highest BCUT2D eigenvalue weighted by Crippen LogP contribution is 2.29. The quantitative estimate of drug-likeness (QED) is 0.648. The maximum atomic E-state index is 12.0. The predicted molar refractivity (Wildman–Crippen MR) is 90.6 cm³/mol. The van der Waals surface area contributed by atoms with Gasteiger partial charge in [-0.3, -0.25) is 4.79 Å². The molecule has 0 aromatic heterocycles. The molecule has 5 nitrogen and oxygen atoms in total. The highest BCUT2D eigenvalue weighted by Gasteiger charge is 2.28. The second kappa shape index (κ2) is 8.56. The molecule has 2 rings (SSSR count). The average Bonchev–Trinajstić information content (AvgIpc) is 2.56. The number of nitrogens with zero attached hydrogens (tertiary/aromatic N) is 1. The third-order valence-corrected chi connectivity index (χ3v) is 4.65. The Balaban J connectivity index is 1.77. The van der Waals surface area contributed by atoms with Gasteiger partial charge < -0.3 is 14.9 Å². The number of carbonyl (C=O) groups is 1. The lowest BCUT2D eigenvalue weighted by molar-refractivity contribution is -0.127. The molecule has 0 spiro atoms. The highest BCUT2D eigenvalue weighted by atomic mass is 16.6. The summed E-state index contributed by atoms with van der Waals surface area (Å²) in [4.78, 5) is 17.1. The van der Waals surface area contributed by atoms with Crippen molar-refractivity contribution in [3.05, 3.63) is 29.8 Å². The number of rotatable bonds is 6. The van der Waals surface area contributed by atoms with Gasteiger partial charge in [0, 0.05) is 11.6 Å². The van der Waals surface area contributed by atoms with Gasteiger partial charge in [0.1, 0.15) is 5.75 Å². The molecule has 0 heterocycles. The Bertz CT molecular complexity index is 545. The van der Waals surface area contributed by atoms with Crippen LogP contribution >= 0.6 is 0 Å². The summed E-state index contributed by atoms with van der Waals surface area (Å²) < 4.78 is 5.22. The summed E-state index contributed by atoms with van der Waals surface area (Å²) in [6.07, 6.45) is 5.01. The van der Waals surface area contributed by atoms with Gasteiger partial charge in [-0.1, -0.05) is 44.0 Å². The fraction of sp³-hybridized carbons (Fsp3) is 0.556. The van der Waals surface area contributed by atoms with E-state index >= 15 is 0 Å². The van der Waals surface area contributed by atoms with E-state index in [1.807, 2.05) is 24.3 Å². The van der Waals surface area contributed by atoms with Gasteiger partial charge in [-0.2, -0.15) is 0 Å². The second-order valence-electron chi connectivity index (χ2n) is 6.19. The molecule has 1 aliphatic carbocycles. The summed E-state index contributed by atoms with van der Waals surface area (Å²) >= 11 is 0. The van der Waals surface area contributed by atoms with Gasteiger partial charge in [0.2, 0.25) is 0 Å². The first-order valence-electron chi connectivity index (χ1n) is 8.19. The number of amides is 1. The molecule has 1 aliphatic rings. The molecule has 5 heteroatoms. The summed E-state index contributed by atoms with van der Waals surface area (Å²) in [7, 11) is 1.60. The number of hydrogen-bond donors (Lipinski definition) is 1. The Morgan fingerprint density at radius 2 is 2.13 bits per heavy atom. The van der Waals surface area contributed by atoms with Crippen molar-refractivity contribution in [1.29, 1.82) is 0 Å². The minimum absolute atomic E-state index is 0.0662. The predicted octanol–water partition coefficient (Wildman–Crippen LogP) is 2.99. The third-order valence-electron chi connectivity index (χ3n) is 4.65. The van der Waals surface area contributed by atoms with Crippen molar-refractivity contribution in [2.75, 3.05) is 13.7 Å². The molecule has 1 aromatic carbocycles. The Morgan fingerprint density at radius 3 is 2.91 bits per heavy atom. The Hall–Kier alpha value is -2.04. The Labute approximate surface area is 138 Å². The van der Waals surface area contributed by atoms with Crippen molar-refractivity contribution < 1.29 is 14.4 Å². The topological polar surface area (TPSA) is 59.9 Å². The smallest absolute Gasteiger partial charge is 0.261 e. The van der Waals surface area contributed by atoms with Gasteiger partial charge in [-0.15, -0.1) is 0 Å². The van der Waals surface area contributed by atoms with E-state index in [0.29, 0.717) is 17.6 Å². The molecule has 0 saturated heterocycles. The summed E-state index contributed by atoms with van der Waals surface area (Å²) in [5.74, 6) is 1.76. The van der Waals surface area contributed by atoms with Crippen LogP contribution in [-0.4, -0.2) is 31.9 Å². The lowest BCUT2D eigenvalue weighted by Crippen LogP contribution is -2.44. The van der Waals surface area contributed by atoms with E-state index in [2.05, 4.69) is 24.3 Å². The zero-order valence-electron chi connectivity index (χ0n) is 14.1. The van der Waals surface area contributed by atoms with Gasteiger partial charge in [-0.05, 0) is 30.4 Å². The van der Waals surface area contributed by atoms with E-state index in [-0.39, 0.29) is 18.6 Å². The van der Waals surface area contributed by atoms with Gasteiger partial charge in [0.25, 0.3) is 5.91 Å². The van der Waals surface area contributed by atoms with E-state index in [9.17, 15) is 4.79 Å². The van der Waals surface area contributed by atoms with Crippen LogP contribution in [-0.2, 0) is 9.63 Å². The summed E-state index contributed by atoms with van der Waals surface area (Å²) in [6.45, 7) is 4.38. The molecule has 23 heavy (non-hydrogen) atoms. The Kier molecular flexibility index (Phi) is 6.44. The van der Waals surface area contributed by atoms with E-state index in [1.165, 1.54) is 12.8 Å². The van der Waals surface area contributed by atoms with Gasteiger partial charge >= 0.3 is 0 Å². The molecule has 1 N–H and O–H groups in total. The molecule has 1 aromatic rings. The average molecular weight is 318 g/mol. The zero-order valence-corrected chi connectivity index (χ0v) is 14.1. The van der Waals surface area contributed by atoms with Crippen LogP contribution in [0.3, 0.4) is 0 Å². The number of ether oxygens (including phenoxy) is 1.